The van der Waals surface area contributed by atoms with Crippen LogP contribution < -0.4 is 0 Å². The van der Waals surface area contributed by atoms with Crippen LogP contribution in [0, 0.1) is 5.82 Å². The number of rotatable bonds is 4. The molecule has 2 rings (SSSR count). The molecule has 2 aromatic rings. The molecule has 4 nitrogen and oxygen atoms in total. The van der Waals surface area contributed by atoms with Gasteiger partial charge in [0.2, 0.25) is 0 Å². The summed E-state index contributed by atoms with van der Waals surface area (Å²) in [4.78, 5) is 8.38. The van der Waals surface area contributed by atoms with E-state index in [1.54, 1.807) is 24.4 Å². The van der Waals surface area contributed by atoms with Crippen molar-refractivity contribution in [3.05, 3.63) is 53.6 Å². The minimum absolute atomic E-state index is 0.326. The summed E-state index contributed by atoms with van der Waals surface area (Å²) in [5.74, 6) is -0.326. The lowest BCUT2D eigenvalue weighted by molar-refractivity contribution is 0.318. The fourth-order valence-corrected chi connectivity index (χ4v) is 1.96. The number of aromatic nitrogens is 2. The summed E-state index contributed by atoms with van der Waals surface area (Å²) in [6, 6.07) is 7.55. The molecule has 0 aliphatic rings. The van der Waals surface area contributed by atoms with Crippen LogP contribution in [0.25, 0.3) is 0 Å². The Balaban J connectivity index is 2.22. The van der Waals surface area contributed by atoms with E-state index in [0.717, 1.165) is 5.69 Å². The van der Waals surface area contributed by atoms with E-state index in [9.17, 15) is 4.39 Å². The highest BCUT2D eigenvalue weighted by Crippen LogP contribution is 2.11. The van der Waals surface area contributed by atoms with Gasteiger partial charge in [0, 0.05) is 12.6 Å². The van der Waals surface area contributed by atoms with Crippen LogP contribution in [-0.2, 0) is 6.42 Å². The molecule has 19 heavy (non-hydrogen) atoms. The zero-order valence-electron chi connectivity index (χ0n) is 10.2. The van der Waals surface area contributed by atoms with Crippen molar-refractivity contribution < 1.29 is 9.60 Å². The second-order valence-corrected chi connectivity index (χ2v) is 4.54. The smallest absolute Gasteiger partial charge is 0.187 e. The first-order chi connectivity index (χ1) is 9.22. The molecule has 0 bridgehead atoms. The largest absolute Gasteiger partial charge is 0.411 e. The maximum atomic E-state index is 12.9. The fraction of sp³-hybridized carbons (Fsp3) is 0.154. The van der Waals surface area contributed by atoms with Crippen molar-refractivity contribution in [1.29, 1.82) is 0 Å². The van der Waals surface area contributed by atoms with Gasteiger partial charge in [0.05, 0.1) is 11.4 Å². The molecule has 0 spiro atoms. The van der Waals surface area contributed by atoms with Gasteiger partial charge in [-0.2, -0.15) is 0 Å². The minimum Gasteiger partial charge on any atom is -0.411 e. The summed E-state index contributed by atoms with van der Waals surface area (Å²) >= 11 is 1.44. The first-order valence-electron chi connectivity index (χ1n) is 5.55. The third kappa shape index (κ3) is 3.51. The molecule has 1 aromatic heterocycles. The zero-order valence-corrected chi connectivity index (χ0v) is 11.1. The van der Waals surface area contributed by atoms with Gasteiger partial charge in [-0.3, -0.25) is 0 Å². The minimum atomic E-state index is -0.326. The predicted octanol–water partition coefficient (Wildman–Crippen LogP) is 2.76. The summed E-state index contributed by atoms with van der Waals surface area (Å²) < 4.78 is 12.9. The van der Waals surface area contributed by atoms with Gasteiger partial charge >= 0.3 is 0 Å². The SMILES string of the molecule is CSc1nccc(CC(=NO)c2ccc(F)cc2)n1. The number of nitrogens with zero attached hydrogens (tertiary/aromatic N) is 3. The molecule has 0 aliphatic heterocycles. The van der Waals surface area contributed by atoms with Crippen molar-refractivity contribution in [3.63, 3.8) is 0 Å². The van der Waals surface area contributed by atoms with Gasteiger partial charge in [0.25, 0.3) is 0 Å². The molecule has 0 saturated carbocycles. The Morgan fingerprint density at radius 2 is 2.05 bits per heavy atom. The standard InChI is InChI=1S/C13H12FN3OS/c1-19-13-15-7-6-11(16-13)8-12(17-18)9-2-4-10(14)5-3-9/h2-7,18H,8H2,1H3. The number of halogens is 1. The molecule has 6 heteroatoms. The lowest BCUT2D eigenvalue weighted by Crippen LogP contribution is -2.07. The molecule has 1 heterocycles. The molecule has 0 aliphatic carbocycles. The van der Waals surface area contributed by atoms with Gasteiger partial charge in [-0.05, 0) is 30.0 Å². The van der Waals surface area contributed by atoms with Crippen LogP contribution in [-0.4, -0.2) is 27.1 Å². The van der Waals surface area contributed by atoms with Gasteiger partial charge < -0.3 is 5.21 Å². The molecule has 0 fully saturated rings. The van der Waals surface area contributed by atoms with E-state index < -0.39 is 0 Å². The summed E-state index contributed by atoms with van der Waals surface area (Å²) in [6.45, 7) is 0. The molecule has 98 valence electrons. The van der Waals surface area contributed by atoms with E-state index in [0.29, 0.717) is 22.9 Å². The Morgan fingerprint density at radius 3 is 2.68 bits per heavy atom. The molecule has 0 atom stereocenters. The molecular formula is C13H12FN3OS. The third-order valence-corrected chi connectivity index (χ3v) is 3.08. The van der Waals surface area contributed by atoms with E-state index in [1.165, 1.54) is 23.9 Å². The average Bonchev–Trinajstić information content (AvgIpc) is 2.46. The predicted molar refractivity (Wildman–Crippen MR) is 72.2 cm³/mol. The van der Waals surface area contributed by atoms with Crippen LogP contribution in [0.2, 0.25) is 0 Å². The van der Waals surface area contributed by atoms with Gasteiger partial charge in [-0.1, -0.05) is 29.1 Å². The normalized spacial score (nSPS) is 11.6. The van der Waals surface area contributed by atoms with Crippen LogP contribution in [0.5, 0.6) is 0 Å². The first kappa shape index (κ1) is 13.5. The van der Waals surface area contributed by atoms with Crippen molar-refractivity contribution in [1.82, 2.24) is 9.97 Å². The summed E-state index contributed by atoms with van der Waals surface area (Å²) in [6.07, 6.45) is 3.91. The molecular weight excluding hydrogens is 265 g/mol. The lowest BCUT2D eigenvalue weighted by atomic mass is 10.1. The molecule has 0 amide bonds. The highest BCUT2D eigenvalue weighted by Gasteiger charge is 2.08. The van der Waals surface area contributed by atoms with Gasteiger partial charge in [-0.15, -0.1) is 0 Å². The number of hydrogen-bond acceptors (Lipinski definition) is 5. The second kappa shape index (κ2) is 6.29. The van der Waals surface area contributed by atoms with Gasteiger partial charge in [-0.25, -0.2) is 14.4 Å². The highest BCUT2D eigenvalue weighted by atomic mass is 32.2. The van der Waals surface area contributed by atoms with Gasteiger partial charge in [0.15, 0.2) is 5.16 Å². The highest BCUT2D eigenvalue weighted by molar-refractivity contribution is 7.98. The Bertz CT molecular complexity index is 587. The molecule has 1 N–H and O–H groups in total. The lowest BCUT2D eigenvalue weighted by Gasteiger charge is -2.05. The van der Waals surface area contributed by atoms with E-state index in [-0.39, 0.29) is 5.82 Å². The molecule has 0 unspecified atom stereocenters. The Hall–Kier alpha value is -1.95. The third-order valence-electron chi connectivity index (χ3n) is 2.52. The van der Waals surface area contributed by atoms with Gasteiger partial charge in [0.1, 0.15) is 5.82 Å². The van der Waals surface area contributed by atoms with Crippen LogP contribution in [0.3, 0.4) is 0 Å². The van der Waals surface area contributed by atoms with Crippen LogP contribution in [0.1, 0.15) is 11.3 Å². The van der Waals surface area contributed by atoms with E-state index in [4.69, 9.17) is 5.21 Å². The monoisotopic (exact) mass is 277 g/mol. The van der Waals surface area contributed by atoms with E-state index >= 15 is 0 Å². The number of hydrogen-bond donors (Lipinski definition) is 1. The second-order valence-electron chi connectivity index (χ2n) is 3.77. The van der Waals surface area contributed by atoms with Crippen molar-refractivity contribution in [2.75, 3.05) is 6.26 Å². The van der Waals surface area contributed by atoms with Crippen molar-refractivity contribution in [3.8, 4) is 0 Å². The summed E-state index contributed by atoms with van der Waals surface area (Å²) in [7, 11) is 0. The molecule has 0 saturated heterocycles. The topological polar surface area (TPSA) is 58.4 Å². The molecule has 1 aromatic carbocycles. The fourth-order valence-electron chi connectivity index (χ4n) is 1.58. The zero-order chi connectivity index (χ0) is 13.7. The van der Waals surface area contributed by atoms with Crippen LogP contribution >= 0.6 is 11.8 Å². The number of thioether (sulfide) groups is 1. The summed E-state index contributed by atoms with van der Waals surface area (Å²) in [5.41, 5.74) is 1.84. The Morgan fingerprint density at radius 1 is 1.32 bits per heavy atom. The van der Waals surface area contributed by atoms with E-state index in [2.05, 4.69) is 15.1 Å². The first-order valence-corrected chi connectivity index (χ1v) is 6.78. The summed E-state index contributed by atoms with van der Waals surface area (Å²) in [5, 5.41) is 13.0. The number of oxime groups is 1. The number of benzene rings is 1. The quantitative estimate of drug-likeness (QED) is 0.307. The average molecular weight is 277 g/mol. The Labute approximate surface area is 114 Å². The van der Waals surface area contributed by atoms with Crippen molar-refractivity contribution >= 4 is 17.5 Å². The van der Waals surface area contributed by atoms with Crippen molar-refractivity contribution in [2.45, 2.75) is 11.6 Å². The van der Waals surface area contributed by atoms with Crippen molar-refractivity contribution in [2.24, 2.45) is 5.16 Å². The van der Waals surface area contributed by atoms with Crippen LogP contribution in [0.4, 0.5) is 4.39 Å². The van der Waals surface area contributed by atoms with E-state index in [1.807, 2.05) is 6.26 Å². The Kier molecular flexibility index (Phi) is 4.46. The molecule has 0 radical (unpaired) electrons. The maximum Gasteiger partial charge on any atom is 0.187 e. The maximum absolute atomic E-state index is 12.9. The van der Waals surface area contributed by atoms with Crippen LogP contribution in [0.15, 0.2) is 46.8 Å².